The van der Waals surface area contributed by atoms with Crippen LogP contribution < -0.4 is 5.32 Å². The van der Waals surface area contributed by atoms with Crippen molar-refractivity contribution < 1.29 is 18.3 Å². The third-order valence-electron chi connectivity index (χ3n) is 3.59. The van der Waals surface area contributed by atoms with Gasteiger partial charge in [-0.15, -0.1) is 11.8 Å². The number of fused-ring (bicyclic) bond motifs is 1. The molecule has 6 heteroatoms. The van der Waals surface area contributed by atoms with Gasteiger partial charge in [0.2, 0.25) is 0 Å². The monoisotopic (exact) mass is 305 g/mol. The number of likely N-dealkylation sites (N-methyl/N-ethyl adjacent to an activating group) is 1. The van der Waals surface area contributed by atoms with Crippen LogP contribution in [0.3, 0.4) is 0 Å². The number of benzene rings is 1. The normalized spacial score (nSPS) is 18.9. The van der Waals surface area contributed by atoms with E-state index in [1.165, 1.54) is 0 Å². The van der Waals surface area contributed by atoms with Crippen LogP contribution in [0.1, 0.15) is 18.1 Å². The predicted octanol–water partition coefficient (Wildman–Crippen LogP) is 2.74. The largest absolute Gasteiger partial charge is 0.381 e. The zero-order valence-electron chi connectivity index (χ0n) is 11.2. The summed E-state index contributed by atoms with van der Waals surface area (Å²) in [6, 6.07) is 3.36. The molecule has 1 aliphatic heterocycles. The molecule has 2 rings (SSSR count). The topological polar surface area (TPSA) is 32.3 Å². The molecule has 1 heterocycles. The maximum absolute atomic E-state index is 13.4. The lowest BCUT2D eigenvalue weighted by molar-refractivity contribution is -0.0769. The van der Waals surface area contributed by atoms with E-state index in [1.54, 1.807) is 36.9 Å². The van der Waals surface area contributed by atoms with E-state index in [0.717, 1.165) is 22.6 Å². The van der Waals surface area contributed by atoms with Crippen molar-refractivity contribution in [2.75, 3.05) is 19.0 Å². The van der Waals surface area contributed by atoms with Gasteiger partial charge in [0.1, 0.15) is 18.3 Å². The average Bonchev–Trinajstić information content (AvgIpc) is 2.91. The van der Waals surface area contributed by atoms with Crippen molar-refractivity contribution in [2.24, 2.45) is 0 Å². The Labute approximate surface area is 120 Å². The standard InChI is InChI=1S/C14H18F3NOS/c1-2-18-12(13(16)17)14(19,8-15)10-4-3-9-5-6-20-11(9)7-10/h3-4,7,12-13,18-19H,2,5-6,8H2,1H3. The molecule has 2 nitrogen and oxygen atoms in total. The molecule has 2 atom stereocenters. The van der Waals surface area contributed by atoms with E-state index in [4.69, 9.17) is 0 Å². The van der Waals surface area contributed by atoms with Crippen LogP contribution in [0.2, 0.25) is 0 Å². The maximum atomic E-state index is 13.4. The number of rotatable bonds is 6. The second-order valence-corrected chi connectivity index (χ2v) is 5.99. The fourth-order valence-corrected chi connectivity index (χ4v) is 3.57. The SMILES string of the molecule is CCNC(C(F)F)C(O)(CF)c1ccc2c(c1)SCC2. The number of hydrogen-bond donors (Lipinski definition) is 2. The van der Waals surface area contributed by atoms with Crippen molar-refractivity contribution in [3.63, 3.8) is 0 Å². The number of aliphatic hydroxyl groups is 1. The van der Waals surface area contributed by atoms with Crippen molar-refractivity contribution in [3.8, 4) is 0 Å². The van der Waals surface area contributed by atoms with Crippen LogP contribution in [0.25, 0.3) is 0 Å². The molecular weight excluding hydrogens is 287 g/mol. The van der Waals surface area contributed by atoms with Gasteiger partial charge in [-0.25, -0.2) is 13.2 Å². The van der Waals surface area contributed by atoms with E-state index in [0.29, 0.717) is 0 Å². The molecule has 112 valence electrons. The second-order valence-electron chi connectivity index (χ2n) is 4.85. The molecule has 0 bridgehead atoms. The zero-order valence-corrected chi connectivity index (χ0v) is 12.0. The molecule has 0 amide bonds. The average molecular weight is 305 g/mol. The Hall–Kier alpha value is -0.720. The molecule has 0 saturated heterocycles. The van der Waals surface area contributed by atoms with Crippen molar-refractivity contribution in [1.82, 2.24) is 5.32 Å². The van der Waals surface area contributed by atoms with Crippen LogP contribution in [0.15, 0.2) is 23.1 Å². The molecule has 0 spiro atoms. The van der Waals surface area contributed by atoms with E-state index in [-0.39, 0.29) is 12.1 Å². The highest BCUT2D eigenvalue weighted by Gasteiger charge is 2.44. The Morgan fingerprint density at radius 1 is 1.45 bits per heavy atom. The number of thioether (sulfide) groups is 1. The third-order valence-corrected chi connectivity index (χ3v) is 4.69. The number of aryl methyl sites for hydroxylation is 1. The molecule has 0 fully saturated rings. The summed E-state index contributed by atoms with van der Waals surface area (Å²) in [6.07, 6.45) is -1.93. The summed E-state index contributed by atoms with van der Waals surface area (Å²) in [6.45, 7) is 0.627. The lowest BCUT2D eigenvalue weighted by atomic mass is 9.86. The summed E-state index contributed by atoms with van der Waals surface area (Å²) in [4.78, 5) is 0.943. The number of nitrogens with one attached hydrogen (secondary N) is 1. The smallest absolute Gasteiger partial charge is 0.256 e. The van der Waals surface area contributed by atoms with E-state index >= 15 is 0 Å². The van der Waals surface area contributed by atoms with Gasteiger partial charge >= 0.3 is 0 Å². The van der Waals surface area contributed by atoms with Crippen LogP contribution in [0, 0.1) is 0 Å². The molecule has 0 radical (unpaired) electrons. The van der Waals surface area contributed by atoms with Crippen LogP contribution in [-0.2, 0) is 12.0 Å². The van der Waals surface area contributed by atoms with Gasteiger partial charge in [0, 0.05) is 10.6 Å². The molecule has 20 heavy (non-hydrogen) atoms. The molecule has 2 N–H and O–H groups in total. The minimum atomic E-state index is -2.85. The Bertz CT molecular complexity index is 472. The minimum absolute atomic E-state index is 0.208. The molecule has 1 aromatic rings. The summed E-state index contributed by atoms with van der Waals surface area (Å²) in [7, 11) is 0. The van der Waals surface area contributed by atoms with E-state index in [1.807, 2.05) is 0 Å². The predicted molar refractivity (Wildman–Crippen MR) is 74.2 cm³/mol. The molecule has 2 unspecified atom stereocenters. The van der Waals surface area contributed by atoms with E-state index in [9.17, 15) is 18.3 Å². The van der Waals surface area contributed by atoms with Crippen LogP contribution >= 0.6 is 11.8 Å². The molecule has 1 aromatic carbocycles. The Balaban J connectivity index is 2.38. The third kappa shape index (κ3) is 2.82. The lowest BCUT2D eigenvalue weighted by Gasteiger charge is -2.34. The summed E-state index contributed by atoms with van der Waals surface area (Å²) >= 11 is 1.60. The van der Waals surface area contributed by atoms with Gasteiger partial charge < -0.3 is 10.4 Å². The first kappa shape index (κ1) is 15.7. The van der Waals surface area contributed by atoms with Gasteiger partial charge in [0.05, 0.1) is 0 Å². The van der Waals surface area contributed by atoms with E-state index in [2.05, 4.69) is 5.32 Å². The Kier molecular flexibility index (Phi) is 4.99. The highest BCUT2D eigenvalue weighted by Crippen LogP contribution is 2.37. The molecule has 0 aliphatic carbocycles. The van der Waals surface area contributed by atoms with Crippen molar-refractivity contribution in [2.45, 2.75) is 36.3 Å². The Morgan fingerprint density at radius 3 is 2.80 bits per heavy atom. The van der Waals surface area contributed by atoms with Gasteiger partial charge in [-0.1, -0.05) is 19.1 Å². The van der Waals surface area contributed by atoms with Gasteiger partial charge in [-0.3, -0.25) is 0 Å². The molecule has 0 aromatic heterocycles. The van der Waals surface area contributed by atoms with Gasteiger partial charge in [0.25, 0.3) is 6.43 Å². The fourth-order valence-electron chi connectivity index (χ4n) is 2.46. The van der Waals surface area contributed by atoms with Crippen molar-refractivity contribution >= 4 is 11.8 Å². The first-order chi connectivity index (χ1) is 9.52. The Morgan fingerprint density at radius 2 is 2.20 bits per heavy atom. The van der Waals surface area contributed by atoms with Crippen molar-refractivity contribution in [1.29, 1.82) is 0 Å². The van der Waals surface area contributed by atoms with Crippen LogP contribution in [0.5, 0.6) is 0 Å². The summed E-state index contributed by atoms with van der Waals surface area (Å²) in [5.41, 5.74) is -0.876. The van der Waals surface area contributed by atoms with Crippen molar-refractivity contribution in [3.05, 3.63) is 29.3 Å². The lowest BCUT2D eigenvalue weighted by Crippen LogP contribution is -2.54. The molecule has 1 aliphatic rings. The van der Waals surface area contributed by atoms with Crippen LogP contribution in [0.4, 0.5) is 13.2 Å². The second kappa shape index (κ2) is 6.37. The first-order valence-electron chi connectivity index (χ1n) is 6.59. The molecule has 0 saturated carbocycles. The van der Waals surface area contributed by atoms with Gasteiger partial charge in [-0.05, 0) is 30.2 Å². The zero-order chi connectivity index (χ0) is 14.8. The number of hydrogen-bond acceptors (Lipinski definition) is 3. The summed E-state index contributed by atoms with van der Waals surface area (Å²) in [5, 5.41) is 13.0. The highest BCUT2D eigenvalue weighted by molar-refractivity contribution is 7.99. The summed E-state index contributed by atoms with van der Waals surface area (Å²) in [5.74, 6) is 0.929. The maximum Gasteiger partial charge on any atom is 0.256 e. The number of alkyl halides is 3. The quantitative estimate of drug-likeness (QED) is 0.847. The minimum Gasteiger partial charge on any atom is -0.381 e. The van der Waals surface area contributed by atoms with E-state index < -0.39 is 24.7 Å². The first-order valence-corrected chi connectivity index (χ1v) is 7.57. The highest BCUT2D eigenvalue weighted by atomic mass is 32.2. The number of halogens is 3. The van der Waals surface area contributed by atoms with Gasteiger partial charge in [0.15, 0.2) is 0 Å². The van der Waals surface area contributed by atoms with Crippen LogP contribution in [-0.4, -0.2) is 36.5 Å². The summed E-state index contributed by atoms with van der Waals surface area (Å²) < 4.78 is 39.7. The fraction of sp³-hybridized carbons (Fsp3) is 0.571. The molecular formula is C14H18F3NOS. The van der Waals surface area contributed by atoms with Gasteiger partial charge in [-0.2, -0.15) is 0 Å².